The molecule has 7 heteroatoms. The summed E-state index contributed by atoms with van der Waals surface area (Å²) in [7, 11) is 1.65. The highest BCUT2D eigenvalue weighted by atomic mass is 32.2. The van der Waals surface area contributed by atoms with Crippen molar-refractivity contribution in [2.75, 3.05) is 51.4 Å². The summed E-state index contributed by atoms with van der Waals surface area (Å²) in [5.41, 5.74) is 4.75. The zero-order chi connectivity index (χ0) is 35.4. The first-order valence-electron chi connectivity index (χ1n) is 20.9. The predicted molar refractivity (Wildman–Crippen MR) is 208 cm³/mol. The molecule has 1 aliphatic heterocycles. The Labute approximate surface area is 312 Å². The summed E-state index contributed by atoms with van der Waals surface area (Å²) in [6.45, 7) is 15.7. The second-order valence-electron chi connectivity index (χ2n) is 19.1. The lowest BCUT2D eigenvalue weighted by Crippen LogP contribution is -2.64. The number of nitrogens with one attached hydrogen (secondary N) is 1. The van der Waals surface area contributed by atoms with E-state index in [1.54, 1.807) is 18.3 Å². The molecule has 5 fully saturated rings. The highest BCUT2D eigenvalue weighted by molar-refractivity contribution is 7.91. The van der Waals surface area contributed by atoms with Gasteiger partial charge in [0, 0.05) is 43.9 Å². The average Bonchev–Trinajstić information content (AvgIpc) is 3.56. The van der Waals surface area contributed by atoms with Crippen molar-refractivity contribution in [1.29, 1.82) is 0 Å². The molecule has 51 heavy (non-hydrogen) atoms. The number of aromatic nitrogens is 1. The maximum atomic E-state index is 11.9. The van der Waals surface area contributed by atoms with Gasteiger partial charge in [0.1, 0.15) is 11.5 Å². The smallest absolute Gasteiger partial charge is 0.216 e. The van der Waals surface area contributed by atoms with E-state index in [2.05, 4.69) is 55.0 Å². The minimum absolute atomic E-state index is 0.214. The third kappa shape index (κ3) is 6.54. The SMILES string of the molecule is COc1cccc(OCC2CC=C(C3=CCC4(C)C(CCC5(C)C6CCC7(NCCN8CC[S+]([O-])CC8)CCC[C@@H]7C6CCC54)C3(C)C)CC2)n1. The lowest BCUT2D eigenvalue weighted by molar-refractivity contribution is -0.175. The molecule has 282 valence electrons. The van der Waals surface area contributed by atoms with Gasteiger partial charge in [0.05, 0.1) is 13.7 Å². The molecule has 7 aliphatic rings. The Morgan fingerprint density at radius 1 is 0.902 bits per heavy atom. The Balaban J connectivity index is 0.925. The highest BCUT2D eigenvalue weighted by Gasteiger charge is 2.65. The van der Waals surface area contributed by atoms with E-state index in [4.69, 9.17) is 9.47 Å². The molecule has 1 aromatic rings. The van der Waals surface area contributed by atoms with Gasteiger partial charge in [0.25, 0.3) is 0 Å². The van der Waals surface area contributed by atoms with Crippen LogP contribution in [-0.2, 0) is 11.2 Å². The van der Waals surface area contributed by atoms with E-state index in [1.165, 1.54) is 77.0 Å². The van der Waals surface area contributed by atoms with Crippen molar-refractivity contribution >= 4 is 11.2 Å². The molecule has 0 aromatic carbocycles. The van der Waals surface area contributed by atoms with Crippen molar-refractivity contribution < 1.29 is 14.0 Å². The summed E-state index contributed by atoms with van der Waals surface area (Å²) in [5.74, 6) is 7.78. The van der Waals surface area contributed by atoms with Gasteiger partial charge in [-0.15, -0.1) is 0 Å². The fraction of sp³-hybridized carbons (Fsp3) is 0.795. The van der Waals surface area contributed by atoms with E-state index in [1.807, 2.05) is 18.2 Å². The Kier molecular flexibility index (Phi) is 10.2. The van der Waals surface area contributed by atoms with Gasteiger partial charge in [-0.2, -0.15) is 4.98 Å². The maximum Gasteiger partial charge on any atom is 0.216 e. The molecule has 0 bridgehead atoms. The number of ether oxygens (including phenoxy) is 2. The topological polar surface area (TPSA) is 69.7 Å². The number of pyridine rings is 1. The normalized spacial score (nSPS) is 41.0. The standard InChI is InChI=1S/C44H67N3O3S/c1-41(2)34(32-13-11-31(12-14-32)30-50-40-10-6-9-39(46-40)49-5)17-21-43(4)37(41)19-22-42(3)35-18-23-44(45-24-25-47-26-28-51(48)29-27-47)20-7-8-36(44)33(35)15-16-38(42)43/h6,9-10,13,17,31,33,35-38,45H,7-8,11-12,14-16,18-30H2,1-5H3/t31?,33?,35?,36-,37?,38?,42?,43?,44?/m1/s1. The Hall–Kier alpha value is -1.54. The lowest BCUT2D eigenvalue weighted by Gasteiger charge is -2.68. The van der Waals surface area contributed by atoms with Crippen molar-refractivity contribution in [2.45, 2.75) is 117 Å². The van der Waals surface area contributed by atoms with Crippen LogP contribution < -0.4 is 14.8 Å². The van der Waals surface area contributed by atoms with Crippen LogP contribution in [0.3, 0.4) is 0 Å². The fourth-order valence-corrected chi connectivity index (χ4v) is 15.2. The molecule has 0 radical (unpaired) electrons. The summed E-state index contributed by atoms with van der Waals surface area (Å²) < 4.78 is 23.3. The minimum Gasteiger partial charge on any atom is -0.616 e. The average molecular weight is 718 g/mol. The van der Waals surface area contributed by atoms with Gasteiger partial charge in [-0.05, 0) is 140 Å². The molecule has 2 heterocycles. The molecule has 1 N–H and O–H groups in total. The first-order chi connectivity index (χ1) is 24.6. The molecule has 8 rings (SSSR count). The summed E-state index contributed by atoms with van der Waals surface area (Å²) >= 11 is -0.586. The van der Waals surface area contributed by atoms with Gasteiger partial charge in [-0.1, -0.05) is 63.5 Å². The Morgan fingerprint density at radius 3 is 2.51 bits per heavy atom. The van der Waals surface area contributed by atoms with E-state index in [9.17, 15) is 4.55 Å². The van der Waals surface area contributed by atoms with E-state index in [0.29, 0.717) is 34.0 Å². The van der Waals surface area contributed by atoms with E-state index in [-0.39, 0.29) is 5.41 Å². The predicted octanol–water partition coefficient (Wildman–Crippen LogP) is 8.60. The molecular formula is C44H67N3O3S. The number of hydrogen-bond acceptors (Lipinski definition) is 6. The van der Waals surface area contributed by atoms with Crippen LogP contribution in [0.5, 0.6) is 11.8 Å². The second kappa shape index (κ2) is 14.3. The third-order valence-corrected chi connectivity index (χ3v) is 17.8. The summed E-state index contributed by atoms with van der Waals surface area (Å²) in [4.78, 5) is 7.00. The van der Waals surface area contributed by atoms with Crippen LogP contribution in [0.1, 0.15) is 111 Å². The number of methoxy groups -OCH3 is 1. The van der Waals surface area contributed by atoms with Gasteiger partial charge in [0.2, 0.25) is 11.8 Å². The summed E-state index contributed by atoms with van der Waals surface area (Å²) in [6.07, 6.45) is 22.8. The molecular weight excluding hydrogens is 651 g/mol. The molecule has 0 amide bonds. The molecule has 4 saturated carbocycles. The van der Waals surface area contributed by atoms with Crippen molar-refractivity contribution in [1.82, 2.24) is 15.2 Å². The van der Waals surface area contributed by atoms with Gasteiger partial charge in [0.15, 0.2) is 0 Å². The Bertz CT molecular complexity index is 1470. The molecule has 1 aromatic heterocycles. The minimum atomic E-state index is -0.586. The van der Waals surface area contributed by atoms with Crippen LogP contribution in [0.25, 0.3) is 0 Å². The number of rotatable bonds is 9. The lowest BCUT2D eigenvalue weighted by atomic mass is 9.37. The fourth-order valence-electron chi connectivity index (χ4n) is 14.1. The van der Waals surface area contributed by atoms with Crippen LogP contribution in [-0.4, -0.2) is 71.4 Å². The van der Waals surface area contributed by atoms with E-state index >= 15 is 0 Å². The van der Waals surface area contributed by atoms with Crippen LogP contribution in [0.15, 0.2) is 41.5 Å². The number of allylic oxidation sites excluding steroid dienone is 4. The summed E-state index contributed by atoms with van der Waals surface area (Å²) in [6, 6.07) is 5.74. The first-order valence-corrected chi connectivity index (χ1v) is 22.4. The van der Waals surface area contributed by atoms with Crippen molar-refractivity contribution in [2.24, 2.45) is 51.8 Å². The van der Waals surface area contributed by atoms with E-state index < -0.39 is 11.2 Å². The number of hydrogen-bond donors (Lipinski definition) is 1. The van der Waals surface area contributed by atoms with Gasteiger partial charge < -0.3 is 19.3 Å². The summed E-state index contributed by atoms with van der Waals surface area (Å²) in [5, 5.41) is 4.25. The third-order valence-electron chi connectivity index (χ3n) is 16.5. The van der Waals surface area contributed by atoms with Gasteiger partial charge in [-0.3, -0.25) is 4.90 Å². The van der Waals surface area contributed by atoms with Crippen LogP contribution in [0.4, 0.5) is 0 Å². The Morgan fingerprint density at radius 2 is 1.73 bits per heavy atom. The molecule has 0 spiro atoms. The first kappa shape index (κ1) is 36.4. The molecule has 9 atom stereocenters. The van der Waals surface area contributed by atoms with Crippen LogP contribution in [0, 0.1) is 51.8 Å². The zero-order valence-corrected chi connectivity index (χ0v) is 33.3. The van der Waals surface area contributed by atoms with Crippen molar-refractivity contribution in [3.8, 4) is 11.8 Å². The van der Waals surface area contributed by atoms with Crippen LogP contribution in [0.2, 0.25) is 0 Å². The quantitative estimate of drug-likeness (QED) is 0.258. The maximum absolute atomic E-state index is 11.9. The van der Waals surface area contributed by atoms with Crippen molar-refractivity contribution in [3.63, 3.8) is 0 Å². The van der Waals surface area contributed by atoms with Crippen LogP contribution >= 0.6 is 0 Å². The monoisotopic (exact) mass is 717 g/mol. The number of nitrogens with zero attached hydrogens (tertiary/aromatic N) is 2. The molecule has 6 nitrogen and oxygen atoms in total. The van der Waals surface area contributed by atoms with Crippen molar-refractivity contribution in [3.05, 3.63) is 41.5 Å². The zero-order valence-electron chi connectivity index (χ0n) is 32.5. The van der Waals surface area contributed by atoms with E-state index in [0.717, 1.165) is 80.3 Å². The molecule has 1 saturated heterocycles. The molecule has 6 aliphatic carbocycles. The highest BCUT2D eigenvalue weighted by Crippen LogP contribution is 2.72. The van der Waals surface area contributed by atoms with Gasteiger partial charge in [-0.25, -0.2) is 0 Å². The number of fused-ring (bicyclic) bond motifs is 7. The molecule has 8 unspecified atom stereocenters. The van der Waals surface area contributed by atoms with Gasteiger partial charge >= 0.3 is 0 Å². The second-order valence-corrected chi connectivity index (χ2v) is 20.8. The largest absolute Gasteiger partial charge is 0.616 e.